The molecule has 0 saturated heterocycles. The summed E-state index contributed by atoms with van der Waals surface area (Å²) in [6.07, 6.45) is 8.08. The molecule has 1 aromatic rings. The summed E-state index contributed by atoms with van der Waals surface area (Å²) in [7, 11) is 0. The molecule has 0 atom stereocenters. The Kier molecular flexibility index (Phi) is 3.51. The van der Waals surface area contributed by atoms with Crippen LogP contribution in [0.2, 0.25) is 0 Å². The summed E-state index contributed by atoms with van der Waals surface area (Å²) >= 11 is 0. The van der Waals surface area contributed by atoms with Gasteiger partial charge in [-0.2, -0.15) is 0 Å². The maximum atomic E-state index is 7.75. The van der Waals surface area contributed by atoms with Gasteiger partial charge in [-0.25, -0.2) is 5.06 Å². The van der Waals surface area contributed by atoms with Gasteiger partial charge in [-0.1, -0.05) is 42.5 Å². The minimum atomic E-state index is 0.445. The Hall–Kier alpha value is -1.87. The van der Waals surface area contributed by atoms with Gasteiger partial charge in [-0.05, 0) is 11.6 Å². The van der Waals surface area contributed by atoms with E-state index in [2.05, 4.69) is 0 Å². The first-order valence-electron chi connectivity index (χ1n) is 5.23. The van der Waals surface area contributed by atoms with Crippen molar-refractivity contribution in [2.45, 2.75) is 13.0 Å². The van der Waals surface area contributed by atoms with E-state index in [-0.39, 0.29) is 0 Å². The number of hydrogen-bond acceptors (Lipinski definition) is 2. The smallest absolute Gasteiger partial charge is 0.130 e. The molecule has 0 amide bonds. The molecule has 1 aliphatic heterocycles. The third-order valence-electron chi connectivity index (χ3n) is 2.26. The molecule has 16 heavy (non-hydrogen) atoms. The average molecular weight is 214 g/mol. The van der Waals surface area contributed by atoms with Crippen molar-refractivity contribution in [3.8, 4) is 0 Å². The lowest BCUT2D eigenvalue weighted by Crippen LogP contribution is -2.24. The van der Waals surface area contributed by atoms with E-state index in [1.165, 1.54) is 5.06 Å². The van der Waals surface area contributed by atoms with E-state index in [1.807, 2.05) is 48.6 Å². The van der Waals surface area contributed by atoms with Crippen molar-refractivity contribution in [2.24, 2.45) is 0 Å². The lowest BCUT2D eigenvalue weighted by molar-refractivity contribution is -0.0753. The zero-order valence-electron chi connectivity index (χ0n) is 8.97. The number of benzene rings is 1. The van der Waals surface area contributed by atoms with E-state index in [0.29, 0.717) is 18.9 Å². The fourth-order valence-corrected chi connectivity index (χ4v) is 1.41. The van der Waals surface area contributed by atoms with Crippen molar-refractivity contribution in [2.75, 3.05) is 0 Å². The molecule has 2 rings (SSSR count). The number of nitrogens with zero attached hydrogens (tertiary/aromatic N) is 1. The van der Waals surface area contributed by atoms with Gasteiger partial charge < -0.3 is 0 Å². The van der Waals surface area contributed by atoms with Crippen LogP contribution in [0.25, 0.3) is 0 Å². The van der Waals surface area contributed by atoms with Gasteiger partial charge >= 0.3 is 0 Å². The van der Waals surface area contributed by atoms with Crippen LogP contribution in [0.3, 0.4) is 0 Å². The summed E-state index contributed by atoms with van der Waals surface area (Å²) in [4.78, 5) is 5.54. The number of rotatable bonds is 3. The van der Waals surface area contributed by atoms with Crippen molar-refractivity contribution < 1.29 is 4.84 Å². The first-order chi connectivity index (χ1) is 7.86. The Balaban J connectivity index is 1.93. The van der Waals surface area contributed by atoms with Gasteiger partial charge in [0.2, 0.25) is 0 Å². The number of hydrogen-bond donors (Lipinski definition) is 1. The van der Waals surface area contributed by atoms with Crippen molar-refractivity contribution in [3.63, 3.8) is 0 Å². The predicted octanol–water partition coefficient (Wildman–Crippen LogP) is 2.87. The highest BCUT2D eigenvalue weighted by molar-refractivity contribution is 5.80. The van der Waals surface area contributed by atoms with Crippen LogP contribution in [-0.2, 0) is 11.4 Å². The fourth-order valence-electron chi connectivity index (χ4n) is 1.41. The van der Waals surface area contributed by atoms with Gasteiger partial charge in [0, 0.05) is 12.6 Å². The van der Waals surface area contributed by atoms with Gasteiger partial charge in [0.25, 0.3) is 0 Å². The molecule has 0 bridgehead atoms. The molecule has 3 heteroatoms. The van der Waals surface area contributed by atoms with E-state index >= 15 is 0 Å². The normalized spacial score (nSPS) is 15.2. The largest absolute Gasteiger partial charge is 0.286 e. The maximum absolute atomic E-state index is 7.75. The molecule has 1 N–H and O–H groups in total. The standard InChI is InChI=1S/C13H14N2O/c14-13-9-5-2-6-10-15(13)16-11-12-7-3-1-4-8-12/h1-8,10,14H,9,11H2. The van der Waals surface area contributed by atoms with Crippen LogP contribution in [0, 0.1) is 5.41 Å². The lowest BCUT2D eigenvalue weighted by atomic mass is 10.2. The predicted molar refractivity (Wildman–Crippen MR) is 63.7 cm³/mol. The molecule has 3 nitrogen and oxygen atoms in total. The first-order valence-corrected chi connectivity index (χ1v) is 5.23. The second-order valence-corrected chi connectivity index (χ2v) is 3.51. The van der Waals surface area contributed by atoms with Crippen LogP contribution < -0.4 is 0 Å². The molecule has 0 unspecified atom stereocenters. The van der Waals surface area contributed by atoms with Crippen molar-refractivity contribution in [1.29, 1.82) is 5.41 Å². The second-order valence-electron chi connectivity index (χ2n) is 3.51. The highest BCUT2D eigenvalue weighted by atomic mass is 16.7. The summed E-state index contributed by atoms with van der Waals surface area (Å²) in [6.45, 7) is 0.480. The topological polar surface area (TPSA) is 36.3 Å². The van der Waals surface area contributed by atoms with Gasteiger partial charge in [-0.3, -0.25) is 10.2 Å². The Labute approximate surface area is 95.1 Å². The molecule has 1 aromatic carbocycles. The van der Waals surface area contributed by atoms with Crippen molar-refractivity contribution in [1.82, 2.24) is 5.06 Å². The van der Waals surface area contributed by atoms with E-state index < -0.39 is 0 Å². The molecular formula is C13H14N2O. The van der Waals surface area contributed by atoms with Crippen LogP contribution in [-0.4, -0.2) is 10.9 Å². The van der Waals surface area contributed by atoms with Crippen molar-refractivity contribution in [3.05, 3.63) is 60.3 Å². The Morgan fingerprint density at radius 2 is 2.00 bits per heavy atom. The van der Waals surface area contributed by atoms with Crippen LogP contribution in [0.15, 0.2) is 54.8 Å². The highest BCUT2D eigenvalue weighted by Crippen LogP contribution is 2.07. The number of amidine groups is 1. The number of hydroxylamine groups is 2. The third kappa shape index (κ3) is 2.81. The molecule has 0 saturated carbocycles. The minimum absolute atomic E-state index is 0.445. The zero-order chi connectivity index (χ0) is 11.2. The Bertz CT molecular complexity index is 409. The fraction of sp³-hybridized carbons (Fsp3) is 0.154. The molecule has 0 spiro atoms. The molecule has 0 fully saturated rings. The van der Waals surface area contributed by atoms with E-state index in [0.717, 1.165) is 5.56 Å². The highest BCUT2D eigenvalue weighted by Gasteiger charge is 2.07. The molecule has 82 valence electrons. The van der Waals surface area contributed by atoms with E-state index in [1.54, 1.807) is 6.20 Å². The molecule has 0 radical (unpaired) electrons. The molecular weight excluding hydrogens is 200 g/mol. The summed E-state index contributed by atoms with van der Waals surface area (Å²) in [5.41, 5.74) is 1.10. The van der Waals surface area contributed by atoms with Crippen molar-refractivity contribution >= 4 is 5.84 Å². The van der Waals surface area contributed by atoms with Crippen LogP contribution in [0.4, 0.5) is 0 Å². The lowest BCUT2D eigenvalue weighted by Gasteiger charge is -2.18. The second kappa shape index (κ2) is 5.28. The van der Waals surface area contributed by atoms with Gasteiger partial charge in [0.1, 0.15) is 12.4 Å². The molecule has 1 aliphatic rings. The molecule has 1 heterocycles. The average Bonchev–Trinajstić information content (AvgIpc) is 2.53. The molecule has 0 aliphatic carbocycles. The summed E-state index contributed by atoms with van der Waals surface area (Å²) < 4.78 is 0. The minimum Gasteiger partial charge on any atom is -0.286 e. The Morgan fingerprint density at radius 1 is 1.19 bits per heavy atom. The Morgan fingerprint density at radius 3 is 2.81 bits per heavy atom. The maximum Gasteiger partial charge on any atom is 0.130 e. The summed E-state index contributed by atoms with van der Waals surface area (Å²) in [6, 6.07) is 9.93. The quantitative estimate of drug-likeness (QED) is 0.839. The molecule has 0 aromatic heterocycles. The van der Waals surface area contributed by atoms with Crippen LogP contribution >= 0.6 is 0 Å². The van der Waals surface area contributed by atoms with Gasteiger partial charge in [-0.15, -0.1) is 0 Å². The SMILES string of the molecule is N=C1CC=CC=CN1OCc1ccccc1. The monoisotopic (exact) mass is 214 g/mol. The number of allylic oxidation sites excluding steroid dienone is 2. The van der Waals surface area contributed by atoms with Crippen LogP contribution in [0.5, 0.6) is 0 Å². The van der Waals surface area contributed by atoms with E-state index in [9.17, 15) is 0 Å². The summed E-state index contributed by atoms with van der Waals surface area (Å²) in [5, 5.41) is 9.26. The van der Waals surface area contributed by atoms with Gasteiger partial charge in [0.05, 0.1) is 0 Å². The van der Waals surface area contributed by atoms with E-state index in [4.69, 9.17) is 10.2 Å². The van der Waals surface area contributed by atoms with Crippen LogP contribution in [0.1, 0.15) is 12.0 Å². The zero-order valence-corrected chi connectivity index (χ0v) is 8.97. The third-order valence-corrected chi connectivity index (χ3v) is 2.26. The first kappa shape index (κ1) is 10.6. The van der Waals surface area contributed by atoms with Gasteiger partial charge in [0.15, 0.2) is 0 Å². The summed E-state index contributed by atoms with van der Waals surface area (Å²) in [5.74, 6) is 0.445. The number of nitrogens with one attached hydrogen (secondary N) is 1.